The van der Waals surface area contributed by atoms with Crippen LogP contribution in [0.4, 0.5) is 13.6 Å². The van der Waals surface area contributed by atoms with Crippen LogP contribution >= 0.6 is 0 Å². The second kappa shape index (κ2) is 11.5. The number of carbonyl (C=O) groups excluding carboxylic acids is 2. The number of nitrogens with zero attached hydrogens (tertiary/aromatic N) is 3. The Bertz CT molecular complexity index is 1150. The summed E-state index contributed by atoms with van der Waals surface area (Å²) in [5.41, 5.74) is 6.59. The fourth-order valence-electron chi connectivity index (χ4n) is 4.19. The summed E-state index contributed by atoms with van der Waals surface area (Å²) in [6.07, 6.45) is 1.39. The van der Waals surface area contributed by atoms with Crippen molar-refractivity contribution >= 4 is 12.0 Å². The molecule has 208 valence electrons. The summed E-state index contributed by atoms with van der Waals surface area (Å²) in [5.74, 6) is 0.368. The summed E-state index contributed by atoms with van der Waals surface area (Å²) in [4.78, 5) is 33.5. The monoisotopic (exact) mass is 536 g/mol. The van der Waals surface area contributed by atoms with Gasteiger partial charge in [-0.3, -0.25) is 4.79 Å². The first-order valence-corrected chi connectivity index (χ1v) is 12.8. The van der Waals surface area contributed by atoms with Gasteiger partial charge in [0.05, 0.1) is 18.8 Å². The van der Waals surface area contributed by atoms with Gasteiger partial charge in [0.15, 0.2) is 23.0 Å². The second-order valence-electron chi connectivity index (χ2n) is 10.0. The van der Waals surface area contributed by atoms with Gasteiger partial charge in [-0.05, 0) is 64.7 Å². The number of hydrogen-bond acceptors (Lipinski definition) is 8. The lowest BCUT2D eigenvalue weighted by Crippen LogP contribution is -2.56. The second-order valence-corrected chi connectivity index (χ2v) is 10.0. The molecule has 4 rings (SSSR count). The van der Waals surface area contributed by atoms with Crippen molar-refractivity contribution in [1.29, 1.82) is 0 Å². The topological polar surface area (TPSA) is 120 Å². The van der Waals surface area contributed by atoms with Crippen LogP contribution in [0.25, 0.3) is 11.5 Å². The maximum absolute atomic E-state index is 13.5. The van der Waals surface area contributed by atoms with Gasteiger partial charge in [-0.2, -0.15) is 8.78 Å². The molecule has 1 aliphatic carbocycles. The molecule has 2 amide bonds. The van der Waals surface area contributed by atoms with Gasteiger partial charge in [0.2, 0.25) is 5.89 Å². The van der Waals surface area contributed by atoms with E-state index in [1.807, 2.05) is 6.92 Å². The van der Waals surface area contributed by atoms with Crippen LogP contribution in [-0.4, -0.2) is 71.8 Å². The molecule has 10 nitrogen and oxygen atoms in total. The van der Waals surface area contributed by atoms with Crippen molar-refractivity contribution in [3.8, 4) is 23.0 Å². The SMILES string of the molecule is CC(C)OC(=O)N1CCN(C(=O)c2nc(-c3ccc(OC(F)F)c(OCC4CC4)c3)oc2[C@H](C)N)C[C@H]1C. The molecule has 0 radical (unpaired) electrons. The van der Waals surface area contributed by atoms with Crippen LogP contribution in [0.3, 0.4) is 0 Å². The number of alkyl halides is 2. The highest BCUT2D eigenvalue weighted by Crippen LogP contribution is 2.37. The molecule has 2 aromatic rings. The molecule has 1 aromatic carbocycles. The normalized spacial score (nSPS) is 18.6. The van der Waals surface area contributed by atoms with Crippen LogP contribution in [0, 0.1) is 5.92 Å². The number of amides is 2. The van der Waals surface area contributed by atoms with Crippen molar-refractivity contribution in [2.24, 2.45) is 11.7 Å². The summed E-state index contributed by atoms with van der Waals surface area (Å²) in [6.45, 7) is 5.34. The maximum atomic E-state index is 13.5. The average Bonchev–Trinajstić information content (AvgIpc) is 3.57. The van der Waals surface area contributed by atoms with E-state index in [2.05, 4.69) is 9.72 Å². The number of benzene rings is 1. The highest BCUT2D eigenvalue weighted by atomic mass is 19.3. The van der Waals surface area contributed by atoms with Crippen LogP contribution in [0.15, 0.2) is 22.6 Å². The molecule has 1 saturated heterocycles. The Morgan fingerprint density at radius 2 is 1.92 bits per heavy atom. The molecular weight excluding hydrogens is 502 g/mol. The maximum Gasteiger partial charge on any atom is 0.410 e. The lowest BCUT2D eigenvalue weighted by atomic mass is 10.1. The molecular formula is C26H34F2N4O6. The summed E-state index contributed by atoms with van der Waals surface area (Å²) >= 11 is 0. The third kappa shape index (κ3) is 6.53. The Morgan fingerprint density at radius 1 is 1.18 bits per heavy atom. The number of aromatic nitrogens is 1. The molecule has 0 bridgehead atoms. The number of carbonyl (C=O) groups is 2. The number of halogens is 2. The number of rotatable bonds is 9. The third-order valence-electron chi connectivity index (χ3n) is 6.33. The van der Waals surface area contributed by atoms with Gasteiger partial charge in [0, 0.05) is 31.2 Å². The van der Waals surface area contributed by atoms with Gasteiger partial charge < -0.3 is 34.2 Å². The predicted octanol–water partition coefficient (Wildman–Crippen LogP) is 4.44. The summed E-state index contributed by atoms with van der Waals surface area (Å²) in [5, 5.41) is 0. The first kappa shape index (κ1) is 27.6. The summed E-state index contributed by atoms with van der Waals surface area (Å²) < 4.78 is 47.4. The van der Waals surface area contributed by atoms with Gasteiger partial charge in [0.1, 0.15) is 0 Å². The van der Waals surface area contributed by atoms with E-state index in [0.717, 1.165) is 12.8 Å². The van der Waals surface area contributed by atoms with E-state index in [9.17, 15) is 18.4 Å². The van der Waals surface area contributed by atoms with Crippen LogP contribution in [0.2, 0.25) is 0 Å². The van der Waals surface area contributed by atoms with Crippen molar-refractivity contribution in [3.05, 3.63) is 29.7 Å². The Labute approximate surface area is 220 Å². The average molecular weight is 537 g/mol. The zero-order valence-corrected chi connectivity index (χ0v) is 22.0. The van der Waals surface area contributed by atoms with Crippen molar-refractivity contribution in [2.75, 3.05) is 26.2 Å². The van der Waals surface area contributed by atoms with E-state index in [1.54, 1.807) is 30.6 Å². The largest absolute Gasteiger partial charge is 0.489 e. The minimum Gasteiger partial charge on any atom is -0.489 e. The zero-order chi connectivity index (χ0) is 27.6. The quantitative estimate of drug-likeness (QED) is 0.499. The predicted molar refractivity (Wildman–Crippen MR) is 133 cm³/mol. The van der Waals surface area contributed by atoms with Gasteiger partial charge in [0.25, 0.3) is 5.91 Å². The van der Waals surface area contributed by atoms with E-state index in [4.69, 9.17) is 19.6 Å². The van der Waals surface area contributed by atoms with Crippen molar-refractivity contribution in [1.82, 2.24) is 14.8 Å². The van der Waals surface area contributed by atoms with Crippen LogP contribution in [0.5, 0.6) is 11.5 Å². The van der Waals surface area contributed by atoms with Crippen molar-refractivity contribution in [3.63, 3.8) is 0 Å². The number of oxazole rings is 1. The smallest absolute Gasteiger partial charge is 0.410 e. The lowest BCUT2D eigenvalue weighted by Gasteiger charge is -2.39. The molecule has 1 aromatic heterocycles. The first-order chi connectivity index (χ1) is 18.0. The van der Waals surface area contributed by atoms with Crippen LogP contribution in [-0.2, 0) is 4.74 Å². The van der Waals surface area contributed by atoms with Gasteiger partial charge in [-0.15, -0.1) is 0 Å². The molecule has 1 saturated carbocycles. The van der Waals surface area contributed by atoms with E-state index >= 15 is 0 Å². The fourth-order valence-corrected chi connectivity index (χ4v) is 4.19. The van der Waals surface area contributed by atoms with E-state index < -0.39 is 18.7 Å². The molecule has 2 aliphatic rings. The highest BCUT2D eigenvalue weighted by Gasteiger charge is 2.34. The number of ether oxygens (including phenoxy) is 3. The van der Waals surface area contributed by atoms with Gasteiger partial charge >= 0.3 is 12.7 Å². The minimum absolute atomic E-state index is 0.0637. The molecule has 2 atom stereocenters. The lowest BCUT2D eigenvalue weighted by molar-refractivity contribution is -0.0515. The molecule has 2 fully saturated rings. The molecule has 1 aliphatic heterocycles. The van der Waals surface area contributed by atoms with Crippen LogP contribution < -0.4 is 15.2 Å². The van der Waals surface area contributed by atoms with E-state index in [-0.39, 0.29) is 60.0 Å². The molecule has 0 spiro atoms. The van der Waals surface area contributed by atoms with Crippen molar-refractivity contribution < 1.29 is 37.0 Å². The van der Waals surface area contributed by atoms with Gasteiger partial charge in [-0.1, -0.05) is 0 Å². The molecule has 2 heterocycles. The molecule has 38 heavy (non-hydrogen) atoms. The van der Waals surface area contributed by atoms with E-state index in [0.29, 0.717) is 24.6 Å². The van der Waals surface area contributed by atoms with E-state index in [1.165, 1.54) is 18.2 Å². The standard InChI is InChI=1S/C26H34F2N4O6/c1-14(2)36-26(34)32-10-9-31(12-15(32)3)24(33)21-22(16(4)29)38-23(30-21)18-7-8-19(37-25(27)28)20(11-18)35-13-17-5-6-17/h7-8,11,14-17,25H,5-6,9-10,12-13,29H2,1-4H3/t15-,16+/m1/s1. The third-order valence-corrected chi connectivity index (χ3v) is 6.33. The Kier molecular flexibility index (Phi) is 8.39. The zero-order valence-electron chi connectivity index (χ0n) is 22.0. The molecule has 2 N–H and O–H groups in total. The number of nitrogens with two attached hydrogens (primary N) is 1. The Balaban J connectivity index is 1.56. The first-order valence-electron chi connectivity index (χ1n) is 12.8. The Morgan fingerprint density at radius 3 is 2.53 bits per heavy atom. The Hall–Kier alpha value is -3.41. The molecule has 0 unspecified atom stereocenters. The minimum atomic E-state index is -3.00. The van der Waals surface area contributed by atoms with Crippen molar-refractivity contribution in [2.45, 2.75) is 65.3 Å². The summed E-state index contributed by atoms with van der Waals surface area (Å²) in [6, 6.07) is 3.47. The number of piperazine rings is 1. The fraction of sp³-hybridized carbons (Fsp3) is 0.577. The summed E-state index contributed by atoms with van der Waals surface area (Å²) in [7, 11) is 0. The van der Waals surface area contributed by atoms with Crippen LogP contribution in [0.1, 0.15) is 62.8 Å². The highest BCUT2D eigenvalue weighted by molar-refractivity contribution is 5.94. The molecule has 12 heteroatoms. The van der Waals surface area contributed by atoms with Gasteiger partial charge in [-0.25, -0.2) is 9.78 Å². The number of hydrogen-bond donors (Lipinski definition) is 1.